The van der Waals surface area contributed by atoms with Crippen LogP contribution in [0.15, 0.2) is 48.5 Å². The van der Waals surface area contributed by atoms with Gasteiger partial charge in [-0.05, 0) is 30.3 Å². The molecule has 2 aromatic carbocycles. The highest BCUT2D eigenvalue weighted by atomic mass is 16.5. The normalized spacial score (nSPS) is 12.9. The van der Waals surface area contributed by atoms with Crippen molar-refractivity contribution in [2.75, 3.05) is 17.2 Å². The number of anilines is 2. The molecule has 0 aromatic heterocycles. The van der Waals surface area contributed by atoms with Gasteiger partial charge in [0.05, 0.1) is 5.69 Å². The molecule has 5 heteroatoms. The second-order valence-corrected chi connectivity index (χ2v) is 4.37. The molecule has 20 heavy (non-hydrogen) atoms. The number of hydrogen-bond acceptors (Lipinski definition) is 3. The minimum absolute atomic E-state index is 0.00254. The van der Waals surface area contributed by atoms with Gasteiger partial charge < -0.3 is 15.4 Å². The zero-order valence-electron chi connectivity index (χ0n) is 10.6. The predicted molar refractivity (Wildman–Crippen MR) is 75.0 cm³/mol. The minimum Gasteiger partial charge on any atom is -0.482 e. The average Bonchev–Trinajstić information content (AvgIpc) is 2.47. The van der Waals surface area contributed by atoms with Crippen LogP contribution in [0.4, 0.5) is 11.4 Å². The van der Waals surface area contributed by atoms with Gasteiger partial charge in [0.1, 0.15) is 5.75 Å². The molecule has 1 heterocycles. The third kappa shape index (κ3) is 2.47. The maximum Gasteiger partial charge on any atom is 0.262 e. The van der Waals surface area contributed by atoms with Crippen molar-refractivity contribution in [1.82, 2.24) is 0 Å². The lowest BCUT2D eigenvalue weighted by molar-refractivity contribution is -0.118. The van der Waals surface area contributed by atoms with E-state index in [2.05, 4.69) is 10.6 Å². The summed E-state index contributed by atoms with van der Waals surface area (Å²) in [5.41, 5.74) is 1.69. The number of amides is 2. The summed E-state index contributed by atoms with van der Waals surface area (Å²) >= 11 is 0. The summed E-state index contributed by atoms with van der Waals surface area (Å²) in [6, 6.07) is 14.1. The fourth-order valence-electron chi connectivity index (χ4n) is 1.95. The SMILES string of the molecule is O=C1COc2ccc(C(=O)Nc3ccccc3)cc2N1. The monoisotopic (exact) mass is 268 g/mol. The van der Waals surface area contributed by atoms with Gasteiger partial charge in [0.15, 0.2) is 6.61 Å². The van der Waals surface area contributed by atoms with Crippen LogP contribution >= 0.6 is 0 Å². The Labute approximate surface area is 115 Å². The molecule has 2 amide bonds. The van der Waals surface area contributed by atoms with E-state index in [-0.39, 0.29) is 18.4 Å². The summed E-state index contributed by atoms with van der Waals surface area (Å²) in [4.78, 5) is 23.4. The van der Waals surface area contributed by atoms with Gasteiger partial charge in [-0.3, -0.25) is 9.59 Å². The van der Waals surface area contributed by atoms with Gasteiger partial charge in [0.25, 0.3) is 11.8 Å². The molecule has 0 unspecified atom stereocenters. The van der Waals surface area contributed by atoms with Gasteiger partial charge >= 0.3 is 0 Å². The standard InChI is InChI=1S/C15H12N2O3/c18-14-9-20-13-7-6-10(8-12(13)17-14)15(19)16-11-4-2-1-3-5-11/h1-8H,9H2,(H,16,19)(H,17,18). The van der Waals surface area contributed by atoms with Crippen LogP contribution < -0.4 is 15.4 Å². The van der Waals surface area contributed by atoms with Crippen molar-refractivity contribution in [1.29, 1.82) is 0 Å². The number of benzene rings is 2. The summed E-state index contributed by atoms with van der Waals surface area (Å²) < 4.78 is 5.24. The molecule has 3 rings (SSSR count). The second-order valence-electron chi connectivity index (χ2n) is 4.37. The minimum atomic E-state index is -0.237. The quantitative estimate of drug-likeness (QED) is 0.878. The van der Waals surface area contributed by atoms with E-state index in [0.717, 1.165) is 5.69 Å². The van der Waals surface area contributed by atoms with Crippen molar-refractivity contribution in [3.8, 4) is 5.75 Å². The van der Waals surface area contributed by atoms with Crippen LogP contribution in [0.2, 0.25) is 0 Å². The fraction of sp³-hybridized carbons (Fsp3) is 0.0667. The summed E-state index contributed by atoms with van der Waals surface area (Å²) in [7, 11) is 0. The van der Waals surface area contributed by atoms with Gasteiger partial charge in [-0.1, -0.05) is 18.2 Å². The van der Waals surface area contributed by atoms with Crippen molar-refractivity contribution in [2.24, 2.45) is 0 Å². The maximum atomic E-state index is 12.1. The Morgan fingerprint density at radius 2 is 1.95 bits per heavy atom. The largest absolute Gasteiger partial charge is 0.482 e. The molecular formula is C15H12N2O3. The van der Waals surface area contributed by atoms with Crippen molar-refractivity contribution < 1.29 is 14.3 Å². The fourth-order valence-corrected chi connectivity index (χ4v) is 1.95. The summed E-state index contributed by atoms with van der Waals surface area (Å²) in [6.45, 7) is 0.00254. The Bertz CT molecular complexity index is 668. The van der Waals surface area contributed by atoms with Crippen molar-refractivity contribution >= 4 is 23.2 Å². The van der Waals surface area contributed by atoms with E-state index in [0.29, 0.717) is 17.0 Å². The van der Waals surface area contributed by atoms with Crippen LogP contribution in [0.25, 0.3) is 0 Å². The third-order valence-corrected chi connectivity index (χ3v) is 2.91. The Kier molecular flexibility index (Phi) is 3.09. The Morgan fingerprint density at radius 1 is 1.15 bits per heavy atom. The number of carbonyl (C=O) groups is 2. The molecule has 5 nitrogen and oxygen atoms in total. The summed E-state index contributed by atoms with van der Waals surface area (Å²) in [5.74, 6) is 0.109. The van der Waals surface area contributed by atoms with Crippen LogP contribution in [-0.4, -0.2) is 18.4 Å². The number of hydrogen-bond donors (Lipinski definition) is 2. The average molecular weight is 268 g/mol. The molecule has 1 aliphatic rings. The van der Waals surface area contributed by atoms with Crippen LogP contribution in [0.3, 0.4) is 0 Å². The molecule has 1 aliphatic heterocycles. The maximum absolute atomic E-state index is 12.1. The van der Waals surface area contributed by atoms with Crippen LogP contribution in [0.1, 0.15) is 10.4 Å². The number of fused-ring (bicyclic) bond motifs is 1. The molecule has 0 saturated heterocycles. The topological polar surface area (TPSA) is 67.4 Å². The van der Waals surface area contributed by atoms with Crippen molar-refractivity contribution in [3.05, 3.63) is 54.1 Å². The lowest BCUT2D eigenvalue weighted by atomic mass is 10.1. The molecule has 0 atom stereocenters. The first-order valence-corrected chi connectivity index (χ1v) is 6.15. The van der Waals surface area contributed by atoms with Crippen LogP contribution in [0.5, 0.6) is 5.75 Å². The molecule has 2 N–H and O–H groups in total. The molecule has 100 valence electrons. The molecule has 0 spiro atoms. The number of nitrogens with one attached hydrogen (secondary N) is 2. The van der Waals surface area contributed by atoms with Crippen molar-refractivity contribution in [2.45, 2.75) is 0 Å². The Balaban J connectivity index is 1.82. The van der Waals surface area contributed by atoms with E-state index < -0.39 is 0 Å². The van der Waals surface area contributed by atoms with Crippen LogP contribution in [-0.2, 0) is 4.79 Å². The third-order valence-electron chi connectivity index (χ3n) is 2.91. The molecule has 0 saturated carbocycles. The van der Waals surface area contributed by atoms with Gasteiger partial charge in [-0.2, -0.15) is 0 Å². The first-order chi connectivity index (χ1) is 9.72. The summed E-state index contributed by atoms with van der Waals surface area (Å²) in [6.07, 6.45) is 0. The van der Waals surface area contributed by atoms with E-state index >= 15 is 0 Å². The molecule has 0 bridgehead atoms. The molecular weight excluding hydrogens is 256 g/mol. The highest BCUT2D eigenvalue weighted by molar-refractivity contribution is 6.06. The molecule has 0 radical (unpaired) electrons. The smallest absolute Gasteiger partial charge is 0.262 e. The Hall–Kier alpha value is -2.82. The first-order valence-electron chi connectivity index (χ1n) is 6.15. The van der Waals surface area contributed by atoms with Crippen molar-refractivity contribution in [3.63, 3.8) is 0 Å². The van der Waals surface area contributed by atoms with E-state index in [4.69, 9.17) is 4.74 Å². The zero-order chi connectivity index (χ0) is 13.9. The van der Waals surface area contributed by atoms with E-state index in [1.54, 1.807) is 30.3 Å². The van der Waals surface area contributed by atoms with Gasteiger partial charge in [-0.15, -0.1) is 0 Å². The summed E-state index contributed by atoms with van der Waals surface area (Å²) in [5, 5.41) is 5.46. The lowest BCUT2D eigenvalue weighted by Gasteiger charge is -2.18. The van der Waals surface area contributed by atoms with Crippen LogP contribution in [0, 0.1) is 0 Å². The van der Waals surface area contributed by atoms with Gasteiger partial charge in [0.2, 0.25) is 0 Å². The highest BCUT2D eigenvalue weighted by Crippen LogP contribution is 2.28. The van der Waals surface area contributed by atoms with Gasteiger partial charge in [0, 0.05) is 11.3 Å². The molecule has 2 aromatic rings. The number of ether oxygens (including phenoxy) is 1. The van der Waals surface area contributed by atoms with E-state index in [9.17, 15) is 9.59 Å². The predicted octanol–water partition coefficient (Wildman–Crippen LogP) is 2.27. The first kappa shape index (κ1) is 12.2. The molecule has 0 fully saturated rings. The van der Waals surface area contributed by atoms with E-state index in [1.807, 2.05) is 18.2 Å². The Morgan fingerprint density at radius 3 is 2.75 bits per heavy atom. The highest BCUT2D eigenvalue weighted by Gasteiger charge is 2.17. The van der Waals surface area contributed by atoms with E-state index in [1.165, 1.54) is 0 Å². The lowest BCUT2D eigenvalue weighted by Crippen LogP contribution is -2.25. The number of rotatable bonds is 2. The molecule has 0 aliphatic carbocycles. The number of carbonyl (C=O) groups excluding carboxylic acids is 2. The second kappa shape index (κ2) is 5.05. The van der Waals surface area contributed by atoms with Gasteiger partial charge in [-0.25, -0.2) is 0 Å². The number of para-hydroxylation sites is 1. The zero-order valence-corrected chi connectivity index (χ0v) is 10.6.